The first-order valence-corrected chi connectivity index (χ1v) is 12.9. The molecule has 1 heterocycles. The van der Waals surface area contributed by atoms with Crippen LogP contribution in [0.2, 0.25) is 5.15 Å². The van der Waals surface area contributed by atoms with Crippen molar-refractivity contribution in [1.82, 2.24) is 10.3 Å². The second-order valence-corrected chi connectivity index (χ2v) is 10.1. The van der Waals surface area contributed by atoms with Crippen molar-refractivity contribution in [2.45, 2.75) is 37.6 Å². The van der Waals surface area contributed by atoms with Crippen LogP contribution in [0.1, 0.15) is 38.3 Å². The fraction of sp³-hybridized carbons (Fsp3) is 0.200. The lowest BCUT2D eigenvalue weighted by Crippen LogP contribution is -2.49. The number of rotatable bonds is 9. The maximum atomic E-state index is 15.0. The topological polar surface area (TPSA) is 51.2 Å². The van der Waals surface area contributed by atoms with Crippen LogP contribution in [0.15, 0.2) is 78.9 Å². The molecule has 0 saturated heterocycles. The molecule has 44 heavy (non-hydrogen) atoms. The Morgan fingerprint density at radius 1 is 0.909 bits per heavy atom. The van der Waals surface area contributed by atoms with Crippen LogP contribution < -0.4 is 10.1 Å². The number of aromatic nitrogens is 1. The SMILES string of the molecule is Cc1cc(C(=O)NC(Cc2ccccc2)(c2cc(F)cc(OC(F)(F)C(F)F)c2)c2ccc(F)c(C(F)(F)F)c2)cc(Cl)n1. The third-order valence-electron chi connectivity index (χ3n) is 6.46. The molecule has 4 nitrogen and oxygen atoms in total. The van der Waals surface area contributed by atoms with E-state index in [1.165, 1.54) is 25.1 Å². The Morgan fingerprint density at radius 3 is 2.20 bits per heavy atom. The molecule has 1 N–H and O–H groups in total. The molecule has 232 valence electrons. The number of hydrogen-bond donors (Lipinski definition) is 1. The fourth-order valence-electron chi connectivity index (χ4n) is 4.56. The van der Waals surface area contributed by atoms with E-state index >= 15 is 0 Å². The first kappa shape index (κ1) is 32.6. The average molecular weight is 647 g/mol. The molecule has 1 unspecified atom stereocenters. The Bertz CT molecular complexity index is 1650. The molecule has 1 aromatic heterocycles. The third-order valence-corrected chi connectivity index (χ3v) is 6.65. The van der Waals surface area contributed by atoms with E-state index in [0.717, 1.165) is 12.1 Å². The number of nitrogens with zero attached hydrogens (tertiary/aromatic N) is 1. The second-order valence-electron chi connectivity index (χ2n) is 9.67. The van der Waals surface area contributed by atoms with E-state index in [4.69, 9.17) is 11.6 Å². The molecule has 0 bridgehead atoms. The largest absolute Gasteiger partial charge is 0.461 e. The van der Waals surface area contributed by atoms with Gasteiger partial charge in [-0.2, -0.15) is 30.7 Å². The molecule has 1 amide bonds. The molecule has 0 saturated carbocycles. The van der Waals surface area contributed by atoms with Gasteiger partial charge in [0.25, 0.3) is 5.91 Å². The van der Waals surface area contributed by atoms with Crippen molar-refractivity contribution in [2.75, 3.05) is 0 Å². The maximum Gasteiger partial charge on any atom is 0.461 e. The van der Waals surface area contributed by atoms with Crippen molar-refractivity contribution in [3.8, 4) is 5.75 Å². The van der Waals surface area contributed by atoms with E-state index in [-0.39, 0.29) is 16.4 Å². The van der Waals surface area contributed by atoms with Gasteiger partial charge in [0.05, 0.1) is 11.1 Å². The van der Waals surface area contributed by atoms with Crippen LogP contribution in [0.3, 0.4) is 0 Å². The van der Waals surface area contributed by atoms with Gasteiger partial charge in [-0.25, -0.2) is 13.8 Å². The van der Waals surface area contributed by atoms with Crippen LogP contribution in [-0.4, -0.2) is 23.4 Å². The second kappa shape index (κ2) is 12.4. The summed E-state index contributed by atoms with van der Waals surface area (Å²) in [7, 11) is 0. The summed E-state index contributed by atoms with van der Waals surface area (Å²) in [6, 6.07) is 13.6. The lowest BCUT2D eigenvalue weighted by Gasteiger charge is -2.37. The zero-order chi connectivity index (χ0) is 32.4. The molecule has 0 aliphatic carbocycles. The molecule has 4 aromatic rings. The first-order chi connectivity index (χ1) is 20.5. The lowest BCUT2D eigenvalue weighted by molar-refractivity contribution is -0.253. The summed E-state index contributed by atoms with van der Waals surface area (Å²) in [5.41, 5.74) is -4.52. The number of aryl methyl sites for hydroxylation is 1. The van der Waals surface area contributed by atoms with Crippen LogP contribution in [-0.2, 0) is 18.1 Å². The molecule has 14 heteroatoms. The highest BCUT2D eigenvalue weighted by Gasteiger charge is 2.45. The van der Waals surface area contributed by atoms with Crippen molar-refractivity contribution in [2.24, 2.45) is 0 Å². The van der Waals surface area contributed by atoms with Crippen molar-refractivity contribution in [3.63, 3.8) is 0 Å². The lowest BCUT2D eigenvalue weighted by atomic mass is 9.77. The minimum Gasteiger partial charge on any atom is -0.428 e. The Hall–Kier alpha value is -4.26. The zero-order valence-corrected chi connectivity index (χ0v) is 23.1. The van der Waals surface area contributed by atoms with E-state index in [0.29, 0.717) is 35.9 Å². The average Bonchev–Trinajstić information content (AvgIpc) is 2.91. The number of nitrogens with one attached hydrogen (secondary N) is 1. The van der Waals surface area contributed by atoms with E-state index in [1.54, 1.807) is 18.2 Å². The minimum atomic E-state index is -5.23. The smallest absolute Gasteiger partial charge is 0.428 e. The minimum absolute atomic E-state index is 0.124. The summed E-state index contributed by atoms with van der Waals surface area (Å²) in [6.45, 7) is 1.49. The van der Waals surface area contributed by atoms with Crippen molar-refractivity contribution >= 4 is 17.5 Å². The number of amides is 1. The van der Waals surface area contributed by atoms with E-state index in [2.05, 4.69) is 15.0 Å². The molecular weight excluding hydrogens is 627 g/mol. The van der Waals surface area contributed by atoms with Crippen molar-refractivity contribution in [3.05, 3.63) is 129 Å². The fourth-order valence-corrected chi connectivity index (χ4v) is 4.82. The summed E-state index contributed by atoms with van der Waals surface area (Å²) in [4.78, 5) is 17.6. The third kappa shape index (κ3) is 7.26. The molecule has 1 atom stereocenters. The van der Waals surface area contributed by atoms with Gasteiger partial charge in [-0.15, -0.1) is 0 Å². The predicted molar refractivity (Wildman–Crippen MR) is 142 cm³/mol. The number of halogens is 10. The number of alkyl halides is 7. The van der Waals surface area contributed by atoms with Crippen molar-refractivity contribution in [1.29, 1.82) is 0 Å². The molecule has 0 aliphatic heterocycles. The van der Waals surface area contributed by atoms with Gasteiger partial charge >= 0.3 is 18.7 Å². The van der Waals surface area contributed by atoms with Crippen LogP contribution >= 0.6 is 11.6 Å². The molecule has 0 fully saturated rings. The highest BCUT2D eigenvalue weighted by atomic mass is 35.5. The van der Waals surface area contributed by atoms with Gasteiger partial charge in [-0.05, 0) is 60.0 Å². The summed E-state index contributed by atoms with van der Waals surface area (Å²) < 4.78 is 129. The van der Waals surface area contributed by atoms with Crippen LogP contribution in [0.5, 0.6) is 5.75 Å². The van der Waals surface area contributed by atoms with Gasteiger partial charge in [0.1, 0.15) is 22.5 Å². The Labute approximate surface area is 249 Å². The maximum absolute atomic E-state index is 15.0. The van der Waals surface area contributed by atoms with E-state index in [9.17, 15) is 44.3 Å². The van der Waals surface area contributed by atoms with E-state index in [1.807, 2.05) is 0 Å². The van der Waals surface area contributed by atoms with Gasteiger partial charge in [0.2, 0.25) is 0 Å². The molecule has 0 radical (unpaired) electrons. The van der Waals surface area contributed by atoms with Gasteiger partial charge in [-0.3, -0.25) is 4.79 Å². The standard InChI is InChI=1S/C30H20ClF9N2O2/c1-16-9-18(10-25(31)41-16)26(43)42-28(15-17-5-3-2-4-6-17,19-7-8-24(33)23(13-19)29(36,37)38)20-11-21(32)14-22(12-20)44-30(39,40)27(34)35/h2-14,27H,15H2,1H3,(H,42,43). The molecule has 3 aromatic carbocycles. The number of carbonyl (C=O) groups excluding carboxylic acids is 1. The van der Waals surface area contributed by atoms with Crippen LogP contribution in [0.25, 0.3) is 0 Å². The number of hydrogen-bond acceptors (Lipinski definition) is 3. The van der Waals surface area contributed by atoms with Gasteiger partial charge in [-0.1, -0.05) is 48.0 Å². The molecule has 0 aliphatic rings. The Kier molecular flexibility index (Phi) is 9.19. The number of benzene rings is 3. The van der Waals surface area contributed by atoms with Gasteiger partial charge < -0.3 is 10.1 Å². The summed E-state index contributed by atoms with van der Waals surface area (Å²) in [6.07, 6.45) is -15.1. The van der Waals surface area contributed by atoms with Gasteiger partial charge in [0.15, 0.2) is 0 Å². The summed E-state index contributed by atoms with van der Waals surface area (Å²) in [5, 5.41) is 2.42. The van der Waals surface area contributed by atoms with Crippen LogP contribution in [0, 0.1) is 18.6 Å². The highest BCUT2D eigenvalue weighted by Crippen LogP contribution is 2.41. The normalized spacial score (nSPS) is 13.5. The first-order valence-electron chi connectivity index (χ1n) is 12.5. The van der Waals surface area contributed by atoms with Gasteiger partial charge in [0, 0.05) is 23.7 Å². The Morgan fingerprint density at radius 2 is 1.59 bits per heavy atom. The highest BCUT2D eigenvalue weighted by molar-refractivity contribution is 6.29. The number of pyridine rings is 1. The Balaban J connectivity index is 2.04. The van der Waals surface area contributed by atoms with Crippen LogP contribution in [0.4, 0.5) is 39.5 Å². The number of ether oxygens (including phenoxy) is 1. The molecule has 0 spiro atoms. The van der Waals surface area contributed by atoms with E-state index < -0.39 is 70.7 Å². The summed E-state index contributed by atoms with van der Waals surface area (Å²) >= 11 is 5.99. The quantitative estimate of drug-likeness (QED) is 0.147. The molecule has 4 rings (SSSR count). The zero-order valence-electron chi connectivity index (χ0n) is 22.3. The molecular formula is C30H20ClF9N2O2. The van der Waals surface area contributed by atoms with Crippen molar-refractivity contribution < 1.29 is 49.0 Å². The predicted octanol–water partition coefficient (Wildman–Crippen LogP) is 8.49. The monoisotopic (exact) mass is 646 g/mol. The number of carbonyl (C=O) groups is 1. The summed E-state index contributed by atoms with van der Waals surface area (Å²) in [5.74, 6) is -5.11.